The molecule has 1 aromatic rings. The molecule has 3 nitrogen and oxygen atoms in total. The molecule has 0 unspecified atom stereocenters. The maximum atomic E-state index is 4.25. The second-order valence-corrected chi connectivity index (χ2v) is 5.25. The minimum atomic E-state index is 0.178. The average Bonchev–Trinajstić information content (AvgIpc) is 2.65. The third-order valence-corrected chi connectivity index (χ3v) is 3.06. The second-order valence-electron chi connectivity index (χ2n) is 4.27. The predicted octanol–water partition coefficient (Wildman–Crippen LogP) is 1.66. The maximum absolute atomic E-state index is 4.25. The third kappa shape index (κ3) is 5.25. The highest BCUT2D eigenvalue weighted by Crippen LogP contribution is 2.04. The summed E-state index contributed by atoms with van der Waals surface area (Å²) in [5.41, 5.74) is 0.178. The Hall–Kier alpha value is -0.450. The van der Waals surface area contributed by atoms with Crippen molar-refractivity contribution < 1.29 is 0 Å². The number of nitrogens with one attached hydrogen (secondary N) is 2. The lowest BCUT2D eigenvalue weighted by Crippen LogP contribution is -2.47. The Morgan fingerprint density at radius 1 is 1.47 bits per heavy atom. The molecule has 0 atom stereocenters. The first-order valence-corrected chi connectivity index (χ1v) is 6.36. The predicted molar refractivity (Wildman–Crippen MR) is 66.4 cm³/mol. The molecule has 15 heavy (non-hydrogen) atoms. The van der Waals surface area contributed by atoms with Crippen LogP contribution in [0.5, 0.6) is 0 Å². The lowest BCUT2D eigenvalue weighted by Gasteiger charge is -2.26. The van der Waals surface area contributed by atoms with Crippen LogP contribution < -0.4 is 10.6 Å². The summed E-state index contributed by atoms with van der Waals surface area (Å²) in [5, 5.41) is 10.1. The van der Waals surface area contributed by atoms with E-state index in [1.54, 1.807) is 11.3 Å². The smallest absolute Gasteiger partial charge is 0.0937 e. The monoisotopic (exact) mass is 227 g/mol. The van der Waals surface area contributed by atoms with Crippen LogP contribution in [-0.4, -0.2) is 30.2 Å². The van der Waals surface area contributed by atoms with E-state index in [4.69, 9.17) is 0 Å². The van der Waals surface area contributed by atoms with Crippen LogP contribution in [-0.2, 0) is 6.42 Å². The number of likely N-dealkylation sites (N-methyl/N-ethyl adjacent to an activating group) is 1. The molecule has 0 saturated heterocycles. The molecule has 1 aromatic heterocycles. The van der Waals surface area contributed by atoms with Gasteiger partial charge in [-0.1, -0.05) is 6.92 Å². The van der Waals surface area contributed by atoms with E-state index in [1.165, 1.54) is 5.01 Å². The van der Waals surface area contributed by atoms with Crippen molar-refractivity contribution >= 4 is 11.3 Å². The normalized spacial score (nSPS) is 11.9. The van der Waals surface area contributed by atoms with E-state index in [9.17, 15) is 0 Å². The highest BCUT2D eigenvalue weighted by atomic mass is 32.1. The van der Waals surface area contributed by atoms with Gasteiger partial charge >= 0.3 is 0 Å². The van der Waals surface area contributed by atoms with Gasteiger partial charge in [0, 0.05) is 36.6 Å². The fourth-order valence-electron chi connectivity index (χ4n) is 1.51. The molecule has 1 heterocycles. The second kappa shape index (κ2) is 6.20. The van der Waals surface area contributed by atoms with Gasteiger partial charge in [-0.2, -0.15) is 0 Å². The van der Waals surface area contributed by atoms with Crippen molar-refractivity contribution in [3.63, 3.8) is 0 Å². The molecule has 2 N–H and O–H groups in total. The van der Waals surface area contributed by atoms with Gasteiger partial charge in [-0.15, -0.1) is 11.3 Å². The molecule has 0 bridgehead atoms. The Balaban J connectivity index is 2.11. The standard InChI is InChI=1S/C11H21N3S/c1-4-14-11(2,3)9-12-6-5-10-13-7-8-15-10/h7-8,12,14H,4-6,9H2,1-3H3. The van der Waals surface area contributed by atoms with Crippen molar-refractivity contribution in [2.24, 2.45) is 0 Å². The van der Waals surface area contributed by atoms with Crippen molar-refractivity contribution in [3.05, 3.63) is 16.6 Å². The van der Waals surface area contributed by atoms with Crippen LogP contribution in [0.4, 0.5) is 0 Å². The van der Waals surface area contributed by atoms with E-state index in [0.717, 1.165) is 26.1 Å². The van der Waals surface area contributed by atoms with Crippen LogP contribution in [0.2, 0.25) is 0 Å². The molecule has 0 saturated carbocycles. The minimum Gasteiger partial charge on any atom is -0.315 e. The van der Waals surface area contributed by atoms with Gasteiger partial charge in [-0.05, 0) is 20.4 Å². The first-order valence-electron chi connectivity index (χ1n) is 5.48. The fraction of sp³-hybridized carbons (Fsp3) is 0.727. The summed E-state index contributed by atoms with van der Waals surface area (Å²) in [6, 6.07) is 0. The molecule has 0 radical (unpaired) electrons. The molecule has 0 amide bonds. The van der Waals surface area contributed by atoms with Crippen molar-refractivity contribution in [1.82, 2.24) is 15.6 Å². The van der Waals surface area contributed by atoms with Gasteiger partial charge in [0.15, 0.2) is 0 Å². The van der Waals surface area contributed by atoms with Crippen LogP contribution in [0.3, 0.4) is 0 Å². The Morgan fingerprint density at radius 2 is 2.27 bits per heavy atom. The summed E-state index contributed by atoms with van der Waals surface area (Å²) in [5.74, 6) is 0. The topological polar surface area (TPSA) is 37.0 Å². The van der Waals surface area contributed by atoms with Crippen LogP contribution in [0.15, 0.2) is 11.6 Å². The van der Waals surface area contributed by atoms with Gasteiger partial charge in [0.25, 0.3) is 0 Å². The first kappa shape index (κ1) is 12.6. The quantitative estimate of drug-likeness (QED) is 0.696. The molecule has 0 aliphatic heterocycles. The van der Waals surface area contributed by atoms with Crippen LogP contribution >= 0.6 is 11.3 Å². The van der Waals surface area contributed by atoms with Crippen molar-refractivity contribution in [1.29, 1.82) is 0 Å². The SMILES string of the molecule is CCNC(C)(C)CNCCc1nccs1. The summed E-state index contributed by atoms with van der Waals surface area (Å²) < 4.78 is 0. The number of hydrogen-bond acceptors (Lipinski definition) is 4. The summed E-state index contributed by atoms with van der Waals surface area (Å²) >= 11 is 1.72. The van der Waals surface area contributed by atoms with Gasteiger partial charge in [0.2, 0.25) is 0 Å². The van der Waals surface area contributed by atoms with Crippen LogP contribution in [0, 0.1) is 0 Å². The molecule has 0 aliphatic rings. The number of rotatable bonds is 7. The van der Waals surface area contributed by atoms with E-state index in [-0.39, 0.29) is 5.54 Å². The fourth-order valence-corrected chi connectivity index (χ4v) is 2.13. The Kier molecular flexibility index (Phi) is 5.22. The lowest BCUT2D eigenvalue weighted by molar-refractivity contribution is 0.375. The Morgan fingerprint density at radius 3 is 2.87 bits per heavy atom. The zero-order valence-electron chi connectivity index (χ0n) is 9.84. The zero-order valence-corrected chi connectivity index (χ0v) is 10.7. The number of nitrogens with zero attached hydrogens (tertiary/aromatic N) is 1. The van der Waals surface area contributed by atoms with E-state index < -0.39 is 0 Å². The highest BCUT2D eigenvalue weighted by Gasteiger charge is 2.14. The minimum absolute atomic E-state index is 0.178. The molecular formula is C11H21N3S. The largest absolute Gasteiger partial charge is 0.315 e. The molecule has 0 spiro atoms. The molecular weight excluding hydrogens is 206 g/mol. The van der Waals surface area contributed by atoms with E-state index in [2.05, 4.69) is 36.4 Å². The van der Waals surface area contributed by atoms with Gasteiger partial charge in [0.1, 0.15) is 0 Å². The van der Waals surface area contributed by atoms with E-state index in [0.29, 0.717) is 0 Å². The number of aromatic nitrogens is 1. The summed E-state index contributed by atoms with van der Waals surface area (Å²) in [7, 11) is 0. The van der Waals surface area contributed by atoms with Crippen LogP contribution in [0.25, 0.3) is 0 Å². The van der Waals surface area contributed by atoms with E-state index in [1.807, 2.05) is 11.6 Å². The first-order chi connectivity index (χ1) is 7.14. The Labute approximate surface area is 96.3 Å². The highest BCUT2D eigenvalue weighted by molar-refractivity contribution is 7.09. The van der Waals surface area contributed by atoms with Gasteiger partial charge in [-0.25, -0.2) is 4.98 Å². The summed E-state index contributed by atoms with van der Waals surface area (Å²) in [4.78, 5) is 4.25. The van der Waals surface area contributed by atoms with Gasteiger partial charge < -0.3 is 10.6 Å². The molecule has 86 valence electrons. The molecule has 0 aliphatic carbocycles. The van der Waals surface area contributed by atoms with Crippen molar-refractivity contribution in [2.75, 3.05) is 19.6 Å². The van der Waals surface area contributed by atoms with E-state index >= 15 is 0 Å². The summed E-state index contributed by atoms with van der Waals surface area (Å²) in [6.45, 7) is 9.58. The molecule has 0 fully saturated rings. The number of hydrogen-bond donors (Lipinski definition) is 2. The molecule has 0 aromatic carbocycles. The zero-order chi connectivity index (χ0) is 11.1. The Bertz CT molecular complexity index is 257. The molecule has 4 heteroatoms. The molecule has 1 rings (SSSR count). The third-order valence-electron chi connectivity index (χ3n) is 2.22. The van der Waals surface area contributed by atoms with Gasteiger partial charge in [0.05, 0.1) is 5.01 Å². The lowest BCUT2D eigenvalue weighted by atomic mass is 10.1. The van der Waals surface area contributed by atoms with Gasteiger partial charge in [-0.3, -0.25) is 0 Å². The summed E-state index contributed by atoms with van der Waals surface area (Å²) in [6.07, 6.45) is 2.89. The maximum Gasteiger partial charge on any atom is 0.0937 e. The van der Waals surface area contributed by atoms with Crippen LogP contribution in [0.1, 0.15) is 25.8 Å². The number of thiazole rings is 1. The van der Waals surface area contributed by atoms with Crippen molar-refractivity contribution in [2.45, 2.75) is 32.7 Å². The van der Waals surface area contributed by atoms with Crippen molar-refractivity contribution in [3.8, 4) is 0 Å². The average molecular weight is 227 g/mol.